The van der Waals surface area contributed by atoms with Crippen molar-refractivity contribution in [3.05, 3.63) is 59.9 Å². The summed E-state index contributed by atoms with van der Waals surface area (Å²) in [4.78, 5) is 16.5. The number of nitriles is 1. The van der Waals surface area contributed by atoms with E-state index in [-0.39, 0.29) is 5.91 Å². The number of hydrogen-bond acceptors (Lipinski definition) is 4. The van der Waals surface area contributed by atoms with Crippen molar-refractivity contribution in [3.8, 4) is 11.8 Å². The summed E-state index contributed by atoms with van der Waals surface area (Å²) in [5.74, 6) is 0.620. The molecule has 0 bridgehead atoms. The molecule has 2 rings (SSSR count). The summed E-state index contributed by atoms with van der Waals surface area (Å²) in [6.45, 7) is 6.17. The highest BCUT2D eigenvalue weighted by atomic mass is 16.5. The van der Waals surface area contributed by atoms with Gasteiger partial charge in [-0.25, -0.2) is 0 Å². The summed E-state index contributed by atoms with van der Waals surface area (Å²) in [6, 6.07) is 12.9. The van der Waals surface area contributed by atoms with Crippen LogP contribution in [0.25, 0.3) is 0 Å². The van der Waals surface area contributed by atoms with Crippen LogP contribution >= 0.6 is 0 Å². The normalized spacial score (nSPS) is 12.9. The van der Waals surface area contributed by atoms with Gasteiger partial charge in [0, 0.05) is 23.5 Å². The SMILES string of the molecule is CC(C)C[C@@](C)(C#N)NC(=O)c1cccc(OCc2cccnc2)c1. The largest absolute Gasteiger partial charge is 0.489 e. The number of benzene rings is 1. The van der Waals surface area contributed by atoms with E-state index in [9.17, 15) is 10.1 Å². The molecule has 0 saturated carbocycles. The molecule has 0 spiro atoms. The number of ether oxygens (including phenoxy) is 1. The average molecular weight is 337 g/mol. The van der Waals surface area contributed by atoms with Gasteiger partial charge in [0.25, 0.3) is 5.91 Å². The minimum Gasteiger partial charge on any atom is -0.489 e. The summed E-state index contributed by atoms with van der Waals surface area (Å²) in [5, 5.41) is 12.2. The number of nitrogens with zero attached hydrogens (tertiary/aromatic N) is 2. The third-order valence-electron chi connectivity index (χ3n) is 3.68. The number of amides is 1. The number of carbonyl (C=O) groups is 1. The predicted molar refractivity (Wildman–Crippen MR) is 96.0 cm³/mol. The van der Waals surface area contributed by atoms with Crippen molar-refractivity contribution >= 4 is 5.91 Å². The molecule has 0 radical (unpaired) electrons. The van der Waals surface area contributed by atoms with E-state index in [1.165, 1.54) is 0 Å². The molecule has 5 nitrogen and oxygen atoms in total. The van der Waals surface area contributed by atoms with Gasteiger partial charge in [0.1, 0.15) is 17.9 Å². The van der Waals surface area contributed by atoms with Gasteiger partial charge in [-0.2, -0.15) is 5.26 Å². The molecule has 0 unspecified atom stereocenters. The molecule has 130 valence electrons. The quantitative estimate of drug-likeness (QED) is 0.835. The average Bonchev–Trinajstić information content (AvgIpc) is 2.60. The van der Waals surface area contributed by atoms with Gasteiger partial charge < -0.3 is 10.1 Å². The maximum Gasteiger partial charge on any atom is 0.252 e. The first kappa shape index (κ1) is 18.5. The first-order valence-corrected chi connectivity index (χ1v) is 8.27. The van der Waals surface area contributed by atoms with Gasteiger partial charge in [-0.15, -0.1) is 0 Å². The third-order valence-corrected chi connectivity index (χ3v) is 3.68. The van der Waals surface area contributed by atoms with Crippen molar-refractivity contribution in [1.29, 1.82) is 5.26 Å². The van der Waals surface area contributed by atoms with E-state index >= 15 is 0 Å². The number of pyridine rings is 1. The van der Waals surface area contributed by atoms with Gasteiger partial charge in [0.2, 0.25) is 0 Å². The Balaban J connectivity index is 2.04. The van der Waals surface area contributed by atoms with E-state index in [4.69, 9.17) is 4.74 Å². The van der Waals surface area contributed by atoms with E-state index in [1.54, 1.807) is 43.6 Å². The predicted octanol–water partition coefficient (Wildman–Crippen LogP) is 3.72. The second-order valence-corrected chi connectivity index (χ2v) is 6.67. The standard InChI is InChI=1S/C20H23N3O2/c1-15(2)11-20(3,14-21)23-19(24)17-7-4-8-18(10-17)25-13-16-6-5-9-22-12-16/h4-10,12,15H,11,13H2,1-3H3,(H,23,24)/t20-/m0/s1. The molecule has 0 aliphatic carbocycles. The van der Waals surface area contributed by atoms with Crippen LogP contribution in [0.5, 0.6) is 5.75 Å². The zero-order valence-corrected chi connectivity index (χ0v) is 14.8. The van der Waals surface area contributed by atoms with Crippen LogP contribution in [0.15, 0.2) is 48.8 Å². The fourth-order valence-electron chi connectivity index (χ4n) is 2.64. The third kappa shape index (κ3) is 5.61. The second-order valence-electron chi connectivity index (χ2n) is 6.67. The van der Waals surface area contributed by atoms with E-state index in [0.29, 0.717) is 30.3 Å². The minimum absolute atomic E-state index is 0.281. The topological polar surface area (TPSA) is 75.0 Å². The molecule has 1 aromatic carbocycles. The number of rotatable bonds is 7. The van der Waals surface area contributed by atoms with Crippen LogP contribution in [0.3, 0.4) is 0 Å². The summed E-state index contributed by atoms with van der Waals surface area (Å²) >= 11 is 0. The van der Waals surface area contributed by atoms with E-state index < -0.39 is 5.54 Å². The fraction of sp³-hybridized carbons (Fsp3) is 0.350. The van der Waals surface area contributed by atoms with Crippen molar-refractivity contribution in [2.45, 2.75) is 39.3 Å². The maximum absolute atomic E-state index is 12.5. The molecule has 1 aromatic heterocycles. The lowest BCUT2D eigenvalue weighted by atomic mass is 9.92. The van der Waals surface area contributed by atoms with Crippen molar-refractivity contribution in [2.24, 2.45) is 5.92 Å². The highest BCUT2D eigenvalue weighted by Crippen LogP contribution is 2.19. The Labute approximate surface area is 148 Å². The van der Waals surface area contributed by atoms with Gasteiger partial charge in [0.05, 0.1) is 6.07 Å². The molecule has 0 aliphatic heterocycles. The Morgan fingerprint density at radius 3 is 2.80 bits per heavy atom. The van der Waals surface area contributed by atoms with Crippen LogP contribution in [0.2, 0.25) is 0 Å². The Morgan fingerprint density at radius 1 is 1.36 bits per heavy atom. The van der Waals surface area contributed by atoms with Gasteiger partial charge in [-0.3, -0.25) is 9.78 Å². The molecule has 25 heavy (non-hydrogen) atoms. The van der Waals surface area contributed by atoms with Gasteiger partial charge >= 0.3 is 0 Å². The fourth-order valence-corrected chi connectivity index (χ4v) is 2.64. The summed E-state index contributed by atoms with van der Waals surface area (Å²) in [5.41, 5.74) is 0.526. The zero-order chi connectivity index (χ0) is 18.3. The Kier molecular flexibility index (Phi) is 6.13. The lowest BCUT2D eigenvalue weighted by Crippen LogP contribution is -2.45. The Bertz CT molecular complexity index is 753. The molecular formula is C20H23N3O2. The molecule has 2 aromatic rings. The van der Waals surface area contributed by atoms with Crippen molar-refractivity contribution in [3.63, 3.8) is 0 Å². The van der Waals surface area contributed by atoms with E-state index in [2.05, 4.69) is 16.4 Å². The van der Waals surface area contributed by atoms with Crippen LogP contribution in [0.4, 0.5) is 0 Å². The molecule has 0 aliphatic rings. The smallest absolute Gasteiger partial charge is 0.252 e. The Morgan fingerprint density at radius 2 is 2.16 bits per heavy atom. The monoisotopic (exact) mass is 337 g/mol. The number of hydrogen-bond donors (Lipinski definition) is 1. The number of carbonyl (C=O) groups excluding carboxylic acids is 1. The number of aromatic nitrogens is 1. The van der Waals surface area contributed by atoms with Crippen LogP contribution in [0, 0.1) is 17.2 Å². The molecule has 1 heterocycles. The van der Waals surface area contributed by atoms with E-state index in [0.717, 1.165) is 5.56 Å². The second kappa shape index (κ2) is 8.29. The van der Waals surface area contributed by atoms with Crippen LogP contribution < -0.4 is 10.1 Å². The van der Waals surface area contributed by atoms with Crippen LogP contribution in [-0.2, 0) is 6.61 Å². The summed E-state index contributed by atoms with van der Waals surface area (Å²) < 4.78 is 5.72. The van der Waals surface area contributed by atoms with Crippen LogP contribution in [-0.4, -0.2) is 16.4 Å². The van der Waals surface area contributed by atoms with E-state index in [1.807, 2.05) is 26.0 Å². The van der Waals surface area contributed by atoms with Crippen molar-refractivity contribution < 1.29 is 9.53 Å². The molecular weight excluding hydrogens is 314 g/mol. The number of nitrogens with one attached hydrogen (secondary N) is 1. The van der Waals surface area contributed by atoms with Gasteiger partial charge in [0.15, 0.2) is 0 Å². The summed E-state index contributed by atoms with van der Waals surface area (Å²) in [6.07, 6.45) is 4.03. The molecule has 0 fully saturated rings. The lowest BCUT2D eigenvalue weighted by molar-refractivity contribution is 0.0917. The van der Waals surface area contributed by atoms with Crippen LogP contribution in [0.1, 0.15) is 43.1 Å². The first-order valence-electron chi connectivity index (χ1n) is 8.27. The van der Waals surface area contributed by atoms with Crippen molar-refractivity contribution in [2.75, 3.05) is 0 Å². The lowest BCUT2D eigenvalue weighted by Gasteiger charge is -2.25. The Hall–Kier alpha value is -2.87. The molecule has 1 atom stereocenters. The maximum atomic E-state index is 12.5. The van der Waals surface area contributed by atoms with Gasteiger partial charge in [-0.05, 0) is 43.5 Å². The summed E-state index contributed by atoms with van der Waals surface area (Å²) in [7, 11) is 0. The minimum atomic E-state index is -0.891. The zero-order valence-electron chi connectivity index (χ0n) is 14.8. The first-order chi connectivity index (χ1) is 11.9. The molecule has 1 N–H and O–H groups in total. The highest BCUT2D eigenvalue weighted by Gasteiger charge is 2.27. The molecule has 0 saturated heterocycles. The van der Waals surface area contributed by atoms with Crippen molar-refractivity contribution in [1.82, 2.24) is 10.3 Å². The molecule has 1 amide bonds. The molecule has 5 heteroatoms. The van der Waals surface area contributed by atoms with Gasteiger partial charge in [-0.1, -0.05) is 26.0 Å². The highest BCUT2D eigenvalue weighted by molar-refractivity contribution is 5.95.